The average molecular weight is 232 g/mol. The molecule has 13 heavy (non-hydrogen) atoms. The summed E-state index contributed by atoms with van der Waals surface area (Å²) in [5, 5.41) is 0. The predicted molar refractivity (Wildman–Crippen MR) is 47.9 cm³/mol. The Morgan fingerprint density at radius 1 is 1.15 bits per heavy atom. The van der Waals surface area contributed by atoms with E-state index in [1.165, 1.54) is 0 Å². The first-order valence-corrected chi connectivity index (χ1v) is 5.93. The molecule has 0 unspecified atom stereocenters. The van der Waals surface area contributed by atoms with Crippen molar-refractivity contribution in [2.45, 2.75) is 39.5 Å². The molecule has 0 radical (unpaired) electrons. The van der Waals surface area contributed by atoms with Gasteiger partial charge < -0.3 is 4.55 Å². The average Bonchev–Trinajstić information content (AvgIpc) is 1.83. The van der Waals surface area contributed by atoms with Crippen molar-refractivity contribution in [3.63, 3.8) is 0 Å². The third-order valence-electron chi connectivity index (χ3n) is 1.68. The Morgan fingerprint density at radius 2 is 1.69 bits per heavy atom. The van der Waals surface area contributed by atoms with Crippen LogP contribution in [0.3, 0.4) is 0 Å². The second kappa shape index (κ2) is 8.82. The molecule has 0 rings (SSSR count). The molecule has 0 atom stereocenters. The van der Waals surface area contributed by atoms with Gasteiger partial charge in [0.1, 0.15) is 0 Å². The van der Waals surface area contributed by atoms with Gasteiger partial charge in [-0.3, -0.25) is 0 Å². The van der Waals surface area contributed by atoms with Crippen molar-refractivity contribution in [2.24, 2.45) is 5.92 Å². The zero-order valence-electron chi connectivity index (χ0n) is 8.75. The summed E-state index contributed by atoms with van der Waals surface area (Å²) in [4.78, 5) is 0. The summed E-state index contributed by atoms with van der Waals surface area (Å²) in [7, 11) is -3.97. The first-order chi connectivity index (χ1) is 5.42. The summed E-state index contributed by atoms with van der Waals surface area (Å²) in [6.45, 7) is 4.26. The van der Waals surface area contributed by atoms with Gasteiger partial charge in [0.15, 0.2) is 0 Å². The normalized spacial score (nSPS) is 11.4. The molecule has 0 aromatic heterocycles. The van der Waals surface area contributed by atoms with Crippen LogP contribution in [0.4, 0.5) is 0 Å². The molecule has 3 nitrogen and oxygen atoms in total. The van der Waals surface area contributed by atoms with Gasteiger partial charge in [0.25, 0.3) is 0 Å². The van der Waals surface area contributed by atoms with E-state index in [4.69, 9.17) is 0 Å². The fourth-order valence-corrected chi connectivity index (χ4v) is 1.57. The van der Waals surface area contributed by atoms with Crippen molar-refractivity contribution in [3.05, 3.63) is 0 Å². The molecule has 0 heterocycles. The maximum atomic E-state index is 10.2. The molecule has 0 aliphatic rings. The van der Waals surface area contributed by atoms with Crippen molar-refractivity contribution >= 4 is 10.1 Å². The standard InChI is InChI=1S/C8H18O3S.K/c1-8(2)6-4-3-5-7-12(9,10)11;/h8H,3-7H2,1-2H3,(H,9,10,11);/q;+1/p-1. The zero-order valence-corrected chi connectivity index (χ0v) is 12.7. The quantitative estimate of drug-likeness (QED) is 0.327. The number of rotatable bonds is 6. The molecule has 0 saturated heterocycles. The van der Waals surface area contributed by atoms with Gasteiger partial charge in [-0.05, 0) is 12.3 Å². The first kappa shape index (κ1) is 17.0. The van der Waals surface area contributed by atoms with Gasteiger partial charge >= 0.3 is 51.4 Å². The van der Waals surface area contributed by atoms with Crippen molar-refractivity contribution < 1.29 is 64.4 Å². The fourth-order valence-electron chi connectivity index (χ4n) is 1.01. The van der Waals surface area contributed by atoms with Crippen LogP contribution in [-0.2, 0) is 10.1 Å². The Hall–Kier alpha value is 1.55. The Bertz CT molecular complexity index is 199. The van der Waals surface area contributed by atoms with Crippen molar-refractivity contribution in [1.29, 1.82) is 0 Å². The summed E-state index contributed by atoms with van der Waals surface area (Å²) in [5.41, 5.74) is 0. The molecule has 0 fully saturated rings. The van der Waals surface area contributed by atoms with Crippen LogP contribution in [0, 0.1) is 5.92 Å². The number of unbranched alkanes of at least 4 members (excludes halogenated alkanes) is 2. The Morgan fingerprint density at radius 3 is 2.08 bits per heavy atom. The van der Waals surface area contributed by atoms with Crippen LogP contribution in [0.2, 0.25) is 0 Å². The third kappa shape index (κ3) is 16.2. The second-order valence-corrected chi connectivity index (χ2v) is 5.03. The van der Waals surface area contributed by atoms with Gasteiger partial charge in [0.05, 0.1) is 10.1 Å². The molecule has 0 aliphatic heterocycles. The molecule has 0 aromatic rings. The first-order valence-electron chi connectivity index (χ1n) is 4.35. The van der Waals surface area contributed by atoms with Gasteiger partial charge in [0.2, 0.25) is 0 Å². The molecule has 0 aliphatic carbocycles. The summed E-state index contributed by atoms with van der Waals surface area (Å²) in [6.07, 6.45) is 3.49. The second-order valence-electron chi connectivity index (χ2n) is 3.50. The Labute approximate surface area is 124 Å². The van der Waals surface area contributed by atoms with Crippen LogP contribution >= 0.6 is 0 Å². The van der Waals surface area contributed by atoms with Crippen LogP contribution in [-0.4, -0.2) is 18.7 Å². The van der Waals surface area contributed by atoms with Crippen LogP contribution in [0.25, 0.3) is 0 Å². The topological polar surface area (TPSA) is 57.2 Å². The molecule has 0 amide bonds. The van der Waals surface area contributed by atoms with Crippen molar-refractivity contribution in [3.8, 4) is 0 Å². The largest absolute Gasteiger partial charge is 1.00 e. The smallest absolute Gasteiger partial charge is 0.748 e. The minimum absolute atomic E-state index is 0. The van der Waals surface area contributed by atoms with E-state index >= 15 is 0 Å². The maximum absolute atomic E-state index is 10.2. The van der Waals surface area contributed by atoms with E-state index < -0.39 is 10.1 Å². The van der Waals surface area contributed by atoms with E-state index in [1.807, 2.05) is 0 Å². The monoisotopic (exact) mass is 232 g/mol. The van der Waals surface area contributed by atoms with E-state index in [2.05, 4.69) is 13.8 Å². The minimum atomic E-state index is -3.97. The Kier molecular flexibility index (Phi) is 11.5. The summed E-state index contributed by atoms with van der Waals surface area (Å²) < 4.78 is 30.5. The van der Waals surface area contributed by atoms with E-state index in [9.17, 15) is 13.0 Å². The molecule has 0 saturated carbocycles. The summed E-state index contributed by atoms with van der Waals surface area (Å²) in [6, 6.07) is 0. The third-order valence-corrected chi connectivity index (χ3v) is 2.46. The maximum Gasteiger partial charge on any atom is 1.00 e. The molecule has 74 valence electrons. The van der Waals surface area contributed by atoms with Gasteiger partial charge in [-0.2, -0.15) is 0 Å². The van der Waals surface area contributed by atoms with Crippen molar-refractivity contribution in [2.75, 3.05) is 5.75 Å². The molecular formula is C8H17KO3S. The summed E-state index contributed by atoms with van der Waals surface area (Å²) in [5.74, 6) is 0.458. The van der Waals surface area contributed by atoms with Gasteiger partial charge in [-0.15, -0.1) is 0 Å². The van der Waals surface area contributed by atoms with Crippen LogP contribution < -0.4 is 51.4 Å². The molecule has 0 aromatic carbocycles. The van der Waals surface area contributed by atoms with Crippen LogP contribution in [0.1, 0.15) is 39.5 Å². The van der Waals surface area contributed by atoms with Crippen molar-refractivity contribution in [1.82, 2.24) is 0 Å². The summed E-state index contributed by atoms with van der Waals surface area (Å²) >= 11 is 0. The fraction of sp³-hybridized carbons (Fsp3) is 1.00. The van der Waals surface area contributed by atoms with Gasteiger partial charge in [-0.1, -0.05) is 33.1 Å². The molecule has 5 heteroatoms. The molecule has 0 spiro atoms. The van der Waals surface area contributed by atoms with Crippen LogP contribution in [0.15, 0.2) is 0 Å². The molecular weight excluding hydrogens is 215 g/mol. The van der Waals surface area contributed by atoms with Gasteiger partial charge in [0, 0.05) is 5.75 Å². The van der Waals surface area contributed by atoms with E-state index in [0.717, 1.165) is 19.3 Å². The van der Waals surface area contributed by atoms with Gasteiger partial charge in [-0.25, -0.2) is 8.42 Å². The predicted octanol–water partition coefficient (Wildman–Crippen LogP) is -1.25. The minimum Gasteiger partial charge on any atom is -0.748 e. The van der Waals surface area contributed by atoms with E-state index in [0.29, 0.717) is 12.3 Å². The SMILES string of the molecule is CC(C)CCCCCS(=O)(=O)[O-].[K+]. The number of hydrogen-bond donors (Lipinski definition) is 0. The zero-order chi connectivity index (χ0) is 9.61. The molecule has 0 N–H and O–H groups in total. The Balaban J connectivity index is 0. The van der Waals surface area contributed by atoms with E-state index in [-0.39, 0.29) is 57.1 Å². The van der Waals surface area contributed by atoms with E-state index in [1.54, 1.807) is 0 Å². The van der Waals surface area contributed by atoms with Crippen LogP contribution in [0.5, 0.6) is 0 Å². The number of hydrogen-bond acceptors (Lipinski definition) is 3. The molecule has 0 bridgehead atoms.